The van der Waals surface area contributed by atoms with E-state index in [1.807, 2.05) is 73.1 Å². The molecular formula is C24H25N3O2. The summed E-state index contributed by atoms with van der Waals surface area (Å²) in [5, 5.41) is 7.97. The van der Waals surface area contributed by atoms with E-state index in [2.05, 4.69) is 5.32 Å². The summed E-state index contributed by atoms with van der Waals surface area (Å²) in [5.74, 6) is 1.90. The number of nitrogens with zero attached hydrogens (tertiary/aromatic N) is 2. The minimum absolute atomic E-state index is 0.108. The van der Waals surface area contributed by atoms with Crippen molar-refractivity contribution < 1.29 is 9.53 Å². The fraction of sp³-hybridized carbons (Fsp3) is 0.333. The van der Waals surface area contributed by atoms with Gasteiger partial charge in [-0.2, -0.15) is 5.10 Å². The van der Waals surface area contributed by atoms with Crippen LogP contribution in [0.5, 0.6) is 5.75 Å². The largest absolute Gasteiger partial charge is 0.497 e. The maximum Gasteiger partial charge on any atom is 0.272 e. The predicted molar refractivity (Wildman–Crippen MR) is 112 cm³/mol. The summed E-state index contributed by atoms with van der Waals surface area (Å²) in [6, 6.07) is 17.9. The van der Waals surface area contributed by atoms with Crippen LogP contribution in [0.25, 0.3) is 5.69 Å². The molecule has 1 aromatic heterocycles. The lowest BCUT2D eigenvalue weighted by Gasteiger charge is -2.26. The molecule has 5 heteroatoms. The van der Waals surface area contributed by atoms with Gasteiger partial charge in [0.05, 0.1) is 24.0 Å². The van der Waals surface area contributed by atoms with Crippen molar-refractivity contribution in [3.63, 3.8) is 0 Å². The van der Waals surface area contributed by atoms with Gasteiger partial charge >= 0.3 is 0 Å². The number of benzene rings is 2. The Morgan fingerprint density at radius 3 is 2.55 bits per heavy atom. The van der Waals surface area contributed by atoms with Crippen LogP contribution in [0, 0.1) is 5.92 Å². The minimum atomic E-state index is -0.476. The van der Waals surface area contributed by atoms with Crippen LogP contribution >= 0.6 is 0 Å². The Bertz CT molecular complexity index is 1070. The highest BCUT2D eigenvalue weighted by molar-refractivity contribution is 5.95. The van der Waals surface area contributed by atoms with Gasteiger partial charge in [-0.3, -0.25) is 4.79 Å². The minimum Gasteiger partial charge on any atom is -0.497 e. The van der Waals surface area contributed by atoms with E-state index in [4.69, 9.17) is 9.84 Å². The van der Waals surface area contributed by atoms with Gasteiger partial charge in [-0.25, -0.2) is 4.68 Å². The maximum atomic E-state index is 13.3. The highest BCUT2D eigenvalue weighted by Gasteiger charge is 2.50. The first-order valence-corrected chi connectivity index (χ1v) is 10.1. The summed E-state index contributed by atoms with van der Waals surface area (Å²) in [6.45, 7) is 4.05. The summed E-state index contributed by atoms with van der Waals surface area (Å²) in [5.41, 5.74) is 4.45. The fourth-order valence-corrected chi connectivity index (χ4v) is 4.49. The van der Waals surface area contributed by atoms with Crippen LogP contribution in [0.3, 0.4) is 0 Å². The molecule has 0 saturated heterocycles. The van der Waals surface area contributed by atoms with Gasteiger partial charge in [0.1, 0.15) is 5.75 Å². The van der Waals surface area contributed by atoms with Gasteiger partial charge in [0.15, 0.2) is 5.69 Å². The average Bonchev–Trinajstić information content (AvgIpc) is 3.23. The SMILES string of the molecule is COc1ccc(-n2nc(C(=O)NC(C)(C)c3ccccc3)c3c2[C@@H]2C[C@@H]2C3)cc1. The summed E-state index contributed by atoms with van der Waals surface area (Å²) in [4.78, 5) is 13.3. The Morgan fingerprint density at radius 1 is 1.14 bits per heavy atom. The molecule has 1 saturated carbocycles. The molecule has 5 rings (SSSR count). The van der Waals surface area contributed by atoms with Crippen molar-refractivity contribution in [1.29, 1.82) is 0 Å². The van der Waals surface area contributed by atoms with Gasteiger partial charge in [-0.15, -0.1) is 0 Å². The molecule has 0 spiro atoms. The zero-order valence-corrected chi connectivity index (χ0v) is 17.0. The molecule has 0 unspecified atom stereocenters. The number of methoxy groups -OCH3 is 1. The van der Waals surface area contributed by atoms with E-state index in [9.17, 15) is 4.79 Å². The van der Waals surface area contributed by atoms with Crippen molar-refractivity contribution in [2.45, 2.75) is 38.1 Å². The number of nitrogens with one attached hydrogen (secondary N) is 1. The van der Waals surface area contributed by atoms with Crippen molar-refractivity contribution in [3.05, 3.63) is 77.1 Å². The number of ether oxygens (including phenoxy) is 1. The van der Waals surface area contributed by atoms with Gasteiger partial charge in [-0.05, 0) is 62.4 Å². The zero-order chi connectivity index (χ0) is 20.2. The van der Waals surface area contributed by atoms with Gasteiger partial charge in [0, 0.05) is 11.5 Å². The van der Waals surface area contributed by atoms with Gasteiger partial charge in [0.2, 0.25) is 0 Å². The highest BCUT2D eigenvalue weighted by Crippen LogP contribution is 2.57. The van der Waals surface area contributed by atoms with Crippen molar-refractivity contribution in [2.75, 3.05) is 7.11 Å². The van der Waals surface area contributed by atoms with Crippen molar-refractivity contribution in [2.24, 2.45) is 5.92 Å². The Hall–Kier alpha value is -3.08. The Morgan fingerprint density at radius 2 is 1.86 bits per heavy atom. The molecule has 2 aliphatic carbocycles. The molecule has 1 amide bonds. The summed E-state index contributed by atoms with van der Waals surface area (Å²) >= 11 is 0. The van der Waals surface area contributed by atoms with Crippen molar-refractivity contribution in [3.8, 4) is 11.4 Å². The third-order valence-electron chi connectivity index (χ3n) is 6.22. The second-order valence-electron chi connectivity index (χ2n) is 8.57. The van der Waals surface area contributed by atoms with Crippen LogP contribution in [0.15, 0.2) is 54.6 Å². The summed E-state index contributed by atoms with van der Waals surface area (Å²) in [6.07, 6.45) is 2.15. The van der Waals surface area contributed by atoms with E-state index in [1.54, 1.807) is 7.11 Å². The van der Waals surface area contributed by atoms with Gasteiger partial charge in [-0.1, -0.05) is 30.3 Å². The summed E-state index contributed by atoms with van der Waals surface area (Å²) < 4.78 is 7.24. The summed E-state index contributed by atoms with van der Waals surface area (Å²) in [7, 11) is 1.66. The maximum absolute atomic E-state index is 13.3. The number of carbonyl (C=O) groups is 1. The molecule has 2 atom stereocenters. The number of carbonyl (C=O) groups excluding carboxylic acids is 1. The molecule has 148 valence electrons. The van der Waals surface area contributed by atoms with Gasteiger partial charge < -0.3 is 10.1 Å². The van der Waals surface area contributed by atoms with Crippen LogP contribution in [-0.2, 0) is 12.0 Å². The first-order chi connectivity index (χ1) is 14.0. The number of fused-ring (bicyclic) bond motifs is 3. The number of hydrogen-bond acceptors (Lipinski definition) is 3. The lowest BCUT2D eigenvalue weighted by molar-refractivity contribution is 0.0905. The van der Waals surface area contributed by atoms with Crippen LogP contribution in [0.4, 0.5) is 0 Å². The topological polar surface area (TPSA) is 56.2 Å². The lowest BCUT2D eigenvalue weighted by atomic mass is 9.94. The quantitative estimate of drug-likeness (QED) is 0.714. The molecule has 1 N–H and O–H groups in total. The zero-order valence-electron chi connectivity index (χ0n) is 17.0. The normalized spacial score (nSPS) is 19.4. The molecule has 3 aromatic rings. The highest BCUT2D eigenvalue weighted by atomic mass is 16.5. The van der Waals surface area contributed by atoms with Gasteiger partial charge in [0.25, 0.3) is 5.91 Å². The van der Waals surface area contributed by atoms with Crippen LogP contribution < -0.4 is 10.1 Å². The number of rotatable bonds is 5. The molecule has 1 fully saturated rings. The third-order valence-corrected chi connectivity index (χ3v) is 6.22. The first-order valence-electron chi connectivity index (χ1n) is 10.1. The number of hydrogen-bond donors (Lipinski definition) is 1. The number of aromatic nitrogens is 2. The molecule has 1 heterocycles. The smallest absolute Gasteiger partial charge is 0.272 e. The van der Waals surface area contributed by atoms with Crippen LogP contribution in [-0.4, -0.2) is 22.8 Å². The molecule has 5 nitrogen and oxygen atoms in total. The van der Waals surface area contributed by atoms with E-state index < -0.39 is 5.54 Å². The molecule has 29 heavy (non-hydrogen) atoms. The average molecular weight is 387 g/mol. The monoisotopic (exact) mass is 387 g/mol. The molecule has 2 aliphatic rings. The van der Waals surface area contributed by atoms with Crippen molar-refractivity contribution in [1.82, 2.24) is 15.1 Å². The molecule has 0 radical (unpaired) electrons. The Balaban J connectivity index is 1.49. The number of amides is 1. The second-order valence-corrected chi connectivity index (χ2v) is 8.57. The van der Waals surface area contributed by atoms with E-state index in [0.29, 0.717) is 17.5 Å². The van der Waals surface area contributed by atoms with Crippen molar-refractivity contribution >= 4 is 5.91 Å². The first kappa shape index (κ1) is 18.0. The molecule has 0 aliphatic heterocycles. The Kier molecular flexibility index (Phi) is 4.02. The fourth-order valence-electron chi connectivity index (χ4n) is 4.49. The van der Waals surface area contributed by atoms with E-state index in [1.165, 1.54) is 12.1 Å². The second kappa shape index (κ2) is 6.48. The van der Waals surface area contributed by atoms with Crippen LogP contribution in [0.2, 0.25) is 0 Å². The Labute approximate surface area is 170 Å². The lowest BCUT2D eigenvalue weighted by Crippen LogP contribution is -2.41. The third kappa shape index (κ3) is 3.01. The molecule has 2 aromatic carbocycles. The molecule has 0 bridgehead atoms. The predicted octanol–water partition coefficient (Wildman–Crippen LogP) is 4.21. The van der Waals surface area contributed by atoms with E-state index >= 15 is 0 Å². The van der Waals surface area contributed by atoms with E-state index in [0.717, 1.165) is 29.0 Å². The molecular weight excluding hydrogens is 362 g/mol. The van der Waals surface area contributed by atoms with E-state index in [-0.39, 0.29) is 5.91 Å². The standard InChI is InChI=1S/C24H25N3O2/c1-24(2,16-7-5-4-6-8-16)25-23(28)21-20-14-15-13-19(15)22(20)27(26-21)17-9-11-18(29-3)12-10-17/h4-12,15,19H,13-14H2,1-3H3,(H,25,28)/t15-,19-/m1/s1. The van der Waals surface area contributed by atoms with Crippen LogP contribution in [0.1, 0.15) is 53.5 Å².